The van der Waals surface area contributed by atoms with Gasteiger partial charge >= 0.3 is 0 Å². The van der Waals surface area contributed by atoms with Crippen LogP contribution in [0.5, 0.6) is 0 Å². The summed E-state index contributed by atoms with van der Waals surface area (Å²) in [6.45, 7) is 7.77. The number of aliphatic hydroxyl groups is 1. The Balaban J connectivity index is 0.000000465. The smallest absolute Gasteiger partial charge is 0.0402 e. The van der Waals surface area contributed by atoms with Crippen molar-refractivity contribution in [2.24, 2.45) is 5.92 Å². The third-order valence-corrected chi connectivity index (χ3v) is 3.69. The van der Waals surface area contributed by atoms with Gasteiger partial charge in [0, 0.05) is 13.2 Å². The molecule has 0 atom stereocenters. The average Bonchev–Trinajstić information content (AvgIpc) is 2.43. The Morgan fingerprint density at radius 3 is 1.95 bits per heavy atom. The maximum atomic E-state index is 7.57. The molecule has 0 aromatic carbocycles. The molecule has 0 aromatic rings. The first kappa shape index (κ1) is 18.5. The van der Waals surface area contributed by atoms with Crippen LogP contribution >= 0.6 is 0 Å². The molecule has 2 heteroatoms. The number of rotatable bonds is 2. The molecule has 1 aliphatic carbocycles. The van der Waals surface area contributed by atoms with Gasteiger partial charge in [0.2, 0.25) is 0 Å². The first-order chi connectivity index (χ1) is 9.28. The fraction of sp³-hybridized carbons (Fsp3) is 0.882. The Bertz CT molecular complexity index is 194. The maximum absolute atomic E-state index is 7.57. The van der Waals surface area contributed by atoms with Gasteiger partial charge in [0.25, 0.3) is 0 Å². The van der Waals surface area contributed by atoms with Crippen LogP contribution in [-0.2, 0) is 0 Å². The number of nitrogens with zero attached hydrogens (tertiary/aromatic N) is 1. The van der Waals surface area contributed by atoms with Crippen LogP contribution in [-0.4, -0.2) is 36.2 Å². The van der Waals surface area contributed by atoms with Crippen LogP contribution in [0.15, 0.2) is 0 Å². The zero-order valence-corrected chi connectivity index (χ0v) is 13.0. The van der Waals surface area contributed by atoms with Gasteiger partial charge in [-0.2, -0.15) is 0 Å². The van der Waals surface area contributed by atoms with Gasteiger partial charge in [-0.15, -0.1) is 12.3 Å². The zero-order valence-electron chi connectivity index (χ0n) is 13.0. The Kier molecular flexibility index (Phi) is 13.5. The summed E-state index contributed by atoms with van der Waals surface area (Å²) in [7, 11) is 0. The lowest BCUT2D eigenvalue weighted by Gasteiger charge is -2.32. The van der Waals surface area contributed by atoms with Crippen molar-refractivity contribution in [1.29, 1.82) is 0 Å². The lowest BCUT2D eigenvalue weighted by molar-refractivity contribution is 0.174. The van der Waals surface area contributed by atoms with E-state index in [0.717, 1.165) is 5.92 Å². The fourth-order valence-corrected chi connectivity index (χ4v) is 2.88. The van der Waals surface area contributed by atoms with Crippen molar-refractivity contribution in [2.75, 3.05) is 26.2 Å². The van der Waals surface area contributed by atoms with Crippen LogP contribution in [0.4, 0.5) is 0 Å². The molecule has 2 rings (SSSR count). The van der Waals surface area contributed by atoms with Crippen LogP contribution in [0.1, 0.15) is 65.2 Å². The summed E-state index contributed by atoms with van der Waals surface area (Å²) < 4.78 is 0. The highest BCUT2D eigenvalue weighted by molar-refractivity contribution is 4.73. The highest BCUT2D eigenvalue weighted by Gasteiger charge is 2.18. The predicted octanol–water partition coefficient (Wildman–Crippen LogP) is 3.69. The van der Waals surface area contributed by atoms with Crippen LogP contribution in [0.25, 0.3) is 0 Å². The topological polar surface area (TPSA) is 23.5 Å². The molecular formula is C17H33NO. The SMILES string of the molecule is C#CC.C1CCC(CN2CCCCC2)CC1.CCO. The fourth-order valence-electron chi connectivity index (χ4n) is 2.88. The van der Waals surface area contributed by atoms with E-state index in [0.29, 0.717) is 0 Å². The van der Waals surface area contributed by atoms with Crippen LogP contribution in [0, 0.1) is 18.3 Å². The summed E-state index contributed by atoms with van der Waals surface area (Å²) in [6, 6.07) is 0. The third kappa shape index (κ3) is 11.0. The molecule has 0 spiro atoms. The summed E-state index contributed by atoms with van der Waals surface area (Å²) in [4.78, 5) is 2.71. The number of terminal acetylenes is 1. The average molecular weight is 267 g/mol. The summed E-state index contributed by atoms with van der Waals surface area (Å²) in [5.41, 5.74) is 0. The Morgan fingerprint density at radius 2 is 1.47 bits per heavy atom. The molecule has 0 radical (unpaired) electrons. The van der Waals surface area contributed by atoms with E-state index in [4.69, 9.17) is 5.11 Å². The van der Waals surface area contributed by atoms with Crippen LogP contribution in [0.2, 0.25) is 0 Å². The first-order valence-electron chi connectivity index (χ1n) is 7.99. The molecule has 2 nitrogen and oxygen atoms in total. The van der Waals surface area contributed by atoms with E-state index in [2.05, 4.69) is 17.2 Å². The number of hydrogen-bond donors (Lipinski definition) is 1. The van der Waals surface area contributed by atoms with Gasteiger partial charge in [0.1, 0.15) is 0 Å². The van der Waals surface area contributed by atoms with Gasteiger partial charge in [-0.05, 0) is 58.5 Å². The summed E-state index contributed by atoms with van der Waals surface area (Å²) in [6.07, 6.45) is 16.5. The lowest BCUT2D eigenvalue weighted by Crippen LogP contribution is -2.34. The first-order valence-corrected chi connectivity index (χ1v) is 7.99. The third-order valence-electron chi connectivity index (χ3n) is 3.69. The molecule has 112 valence electrons. The second-order valence-corrected chi connectivity index (χ2v) is 5.47. The van der Waals surface area contributed by atoms with Gasteiger partial charge < -0.3 is 10.0 Å². The van der Waals surface area contributed by atoms with Gasteiger partial charge in [-0.1, -0.05) is 25.7 Å². The van der Waals surface area contributed by atoms with E-state index < -0.39 is 0 Å². The standard InChI is InChI=1S/C12H23N.C3H4.C2H6O/c1-3-7-12(8-4-1)11-13-9-5-2-6-10-13;1-3-2;1-2-3/h12H,1-11H2;1H,2H3;3H,2H2,1H3. The van der Waals surface area contributed by atoms with Gasteiger partial charge in [0.05, 0.1) is 0 Å². The van der Waals surface area contributed by atoms with E-state index in [-0.39, 0.29) is 6.61 Å². The minimum absolute atomic E-state index is 0.250. The molecule has 0 amide bonds. The molecule has 0 unspecified atom stereocenters. The largest absolute Gasteiger partial charge is 0.397 e. The molecule has 1 aliphatic heterocycles. The van der Waals surface area contributed by atoms with Gasteiger partial charge in [-0.25, -0.2) is 0 Å². The minimum atomic E-state index is 0.250. The molecule has 2 aliphatic rings. The van der Waals surface area contributed by atoms with E-state index in [9.17, 15) is 0 Å². The molecule has 1 saturated heterocycles. The predicted molar refractivity (Wildman–Crippen MR) is 84.1 cm³/mol. The summed E-state index contributed by atoms with van der Waals surface area (Å²) in [5.74, 6) is 3.30. The molecule has 0 bridgehead atoms. The minimum Gasteiger partial charge on any atom is -0.397 e. The normalized spacial score (nSPS) is 20.3. The van der Waals surface area contributed by atoms with Crippen molar-refractivity contribution in [1.82, 2.24) is 4.90 Å². The molecule has 0 aromatic heterocycles. The van der Waals surface area contributed by atoms with Crippen molar-refractivity contribution in [3.63, 3.8) is 0 Å². The number of piperidine rings is 1. The van der Waals surface area contributed by atoms with Crippen molar-refractivity contribution < 1.29 is 5.11 Å². The van der Waals surface area contributed by atoms with Crippen molar-refractivity contribution in [2.45, 2.75) is 65.2 Å². The molecule has 1 heterocycles. The van der Waals surface area contributed by atoms with E-state index >= 15 is 0 Å². The lowest BCUT2D eigenvalue weighted by atomic mass is 9.88. The molecule has 1 N–H and O–H groups in total. The Labute approximate surface area is 120 Å². The second kappa shape index (κ2) is 13.9. The molecule has 19 heavy (non-hydrogen) atoms. The maximum Gasteiger partial charge on any atom is 0.0402 e. The summed E-state index contributed by atoms with van der Waals surface area (Å²) in [5, 5.41) is 7.57. The Morgan fingerprint density at radius 1 is 1.05 bits per heavy atom. The quantitative estimate of drug-likeness (QED) is 0.771. The zero-order chi connectivity index (χ0) is 14.3. The van der Waals surface area contributed by atoms with E-state index in [1.54, 1.807) is 13.8 Å². The number of likely N-dealkylation sites (tertiary alicyclic amines) is 1. The van der Waals surface area contributed by atoms with Crippen molar-refractivity contribution in [3.8, 4) is 12.3 Å². The van der Waals surface area contributed by atoms with E-state index in [1.807, 2.05) is 0 Å². The molecule has 1 saturated carbocycles. The molecular weight excluding hydrogens is 234 g/mol. The summed E-state index contributed by atoms with van der Waals surface area (Å²) >= 11 is 0. The van der Waals surface area contributed by atoms with Crippen LogP contribution < -0.4 is 0 Å². The van der Waals surface area contributed by atoms with E-state index in [1.165, 1.54) is 71.0 Å². The van der Waals surface area contributed by atoms with Gasteiger partial charge in [0.15, 0.2) is 0 Å². The van der Waals surface area contributed by atoms with Crippen LogP contribution in [0.3, 0.4) is 0 Å². The number of hydrogen-bond acceptors (Lipinski definition) is 2. The van der Waals surface area contributed by atoms with Gasteiger partial charge in [-0.3, -0.25) is 0 Å². The Hall–Kier alpha value is -0.520. The highest BCUT2D eigenvalue weighted by Crippen LogP contribution is 2.25. The molecule has 2 fully saturated rings. The second-order valence-electron chi connectivity index (χ2n) is 5.47. The highest BCUT2D eigenvalue weighted by atomic mass is 16.2. The number of aliphatic hydroxyl groups excluding tert-OH is 1. The van der Waals surface area contributed by atoms with Crippen molar-refractivity contribution in [3.05, 3.63) is 0 Å². The van der Waals surface area contributed by atoms with Crippen molar-refractivity contribution >= 4 is 0 Å². The monoisotopic (exact) mass is 267 g/mol.